The lowest BCUT2D eigenvalue weighted by molar-refractivity contribution is 0.188. The SMILES string of the molecule is CCCN1CCN(S(=O)(=O)c2c(C(C)C)cc(C(C)C)cc2C(C)C)CC1. The summed E-state index contributed by atoms with van der Waals surface area (Å²) in [4.78, 5) is 2.93. The van der Waals surface area contributed by atoms with Gasteiger partial charge in [-0.25, -0.2) is 8.42 Å². The summed E-state index contributed by atoms with van der Waals surface area (Å²) in [6, 6.07) is 4.25. The van der Waals surface area contributed by atoms with E-state index in [1.165, 1.54) is 5.56 Å². The highest BCUT2D eigenvalue weighted by molar-refractivity contribution is 7.89. The molecule has 2 rings (SSSR count). The number of hydrogen-bond donors (Lipinski definition) is 0. The van der Waals surface area contributed by atoms with Crippen molar-refractivity contribution in [1.82, 2.24) is 9.21 Å². The van der Waals surface area contributed by atoms with E-state index in [0.29, 0.717) is 23.9 Å². The first kappa shape index (κ1) is 22.4. The third-order valence-corrected chi connectivity index (χ3v) is 7.58. The maximum Gasteiger partial charge on any atom is 0.243 e. The summed E-state index contributed by atoms with van der Waals surface area (Å²) in [5.41, 5.74) is 3.18. The molecule has 0 amide bonds. The Balaban J connectivity index is 2.52. The monoisotopic (exact) mass is 394 g/mol. The summed E-state index contributed by atoms with van der Waals surface area (Å²) >= 11 is 0. The van der Waals surface area contributed by atoms with Gasteiger partial charge in [0, 0.05) is 26.2 Å². The van der Waals surface area contributed by atoms with Gasteiger partial charge in [-0.1, -0.05) is 60.6 Å². The topological polar surface area (TPSA) is 40.6 Å². The van der Waals surface area contributed by atoms with Crippen LogP contribution in [0.4, 0.5) is 0 Å². The Morgan fingerprint density at radius 1 is 0.852 bits per heavy atom. The van der Waals surface area contributed by atoms with Crippen molar-refractivity contribution < 1.29 is 8.42 Å². The van der Waals surface area contributed by atoms with Gasteiger partial charge in [0.25, 0.3) is 0 Å². The first-order chi connectivity index (χ1) is 12.6. The molecular weight excluding hydrogens is 356 g/mol. The van der Waals surface area contributed by atoms with Crippen LogP contribution in [0.15, 0.2) is 17.0 Å². The minimum atomic E-state index is -3.49. The van der Waals surface area contributed by atoms with Crippen molar-refractivity contribution in [2.75, 3.05) is 32.7 Å². The number of hydrogen-bond acceptors (Lipinski definition) is 3. The number of nitrogens with zero attached hydrogens (tertiary/aromatic N) is 2. The van der Waals surface area contributed by atoms with E-state index in [0.717, 1.165) is 37.2 Å². The normalized spacial score (nSPS) is 17.4. The van der Waals surface area contributed by atoms with E-state index in [9.17, 15) is 8.42 Å². The molecule has 154 valence electrons. The molecule has 0 saturated carbocycles. The molecule has 5 heteroatoms. The molecule has 0 atom stereocenters. The molecule has 0 unspecified atom stereocenters. The zero-order chi connectivity index (χ0) is 20.4. The van der Waals surface area contributed by atoms with Crippen molar-refractivity contribution in [3.63, 3.8) is 0 Å². The lowest BCUT2D eigenvalue weighted by Gasteiger charge is -2.35. The average molecular weight is 395 g/mol. The van der Waals surface area contributed by atoms with Crippen LogP contribution in [0.25, 0.3) is 0 Å². The Morgan fingerprint density at radius 3 is 1.70 bits per heavy atom. The lowest BCUT2D eigenvalue weighted by atomic mass is 9.89. The van der Waals surface area contributed by atoms with Crippen molar-refractivity contribution in [1.29, 1.82) is 0 Å². The molecule has 1 aromatic carbocycles. The summed E-state index contributed by atoms with van der Waals surface area (Å²) in [5, 5.41) is 0. The van der Waals surface area contributed by atoms with Crippen LogP contribution in [-0.4, -0.2) is 50.3 Å². The van der Waals surface area contributed by atoms with Gasteiger partial charge in [-0.15, -0.1) is 0 Å². The van der Waals surface area contributed by atoms with Crippen LogP contribution in [0.2, 0.25) is 0 Å². The van der Waals surface area contributed by atoms with Gasteiger partial charge in [0.05, 0.1) is 4.90 Å². The van der Waals surface area contributed by atoms with Crippen LogP contribution in [0, 0.1) is 0 Å². The summed E-state index contributed by atoms with van der Waals surface area (Å²) in [7, 11) is -3.49. The molecule has 0 bridgehead atoms. The standard InChI is InChI=1S/C22H38N2O2S/c1-8-9-23-10-12-24(13-11-23)27(25,26)22-20(17(4)5)14-19(16(2)3)15-21(22)18(6)7/h14-18H,8-13H2,1-7H3. The third-order valence-electron chi connectivity index (χ3n) is 5.55. The minimum absolute atomic E-state index is 0.173. The van der Waals surface area contributed by atoms with Crippen LogP contribution in [0.5, 0.6) is 0 Å². The molecule has 1 aliphatic heterocycles. The first-order valence-corrected chi connectivity index (χ1v) is 11.9. The Hall–Kier alpha value is -0.910. The van der Waals surface area contributed by atoms with E-state index >= 15 is 0 Å². The molecule has 1 saturated heterocycles. The summed E-state index contributed by atoms with van der Waals surface area (Å²) in [5.74, 6) is 0.731. The van der Waals surface area contributed by atoms with Gasteiger partial charge >= 0.3 is 0 Å². The minimum Gasteiger partial charge on any atom is -0.301 e. The van der Waals surface area contributed by atoms with Crippen molar-refractivity contribution >= 4 is 10.0 Å². The lowest BCUT2D eigenvalue weighted by Crippen LogP contribution is -2.49. The van der Waals surface area contributed by atoms with E-state index in [-0.39, 0.29) is 11.8 Å². The number of benzene rings is 1. The second-order valence-electron chi connectivity index (χ2n) is 8.74. The molecule has 1 fully saturated rings. The smallest absolute Gasteiger partial charge is 0.243 e. The molecule has 0 aromatic heterocycles. The second kappa shape index (κ2) is 9.06. The predicted octanol–water partition coefficient (Wildman–Crippen LogP) is 4.77. The van der Waals surface area contributed by atoms with Crippen LogP contribution >= 0.6 is 0 Å². The van der Waals surface area contributed by atoms with Crippen molar-refractivity contribution in [2.45, 2.75) is 77.5 Å². The molecule has 1 aliphatic rings. The fourth-order valence-corrected chi connectivity index (χ4v) is 5.91. The van der Waals surface area contributed by atoms with Gasteiger partial charge in [-0.3, -0.25) is 0 Å². The van der Waals surface area contributed by atoms with Gasteiger partial charge in [0.2, 0.25) is 10.0 Å². The largest absolute Gasteiger partial charge is 0.301 e. The molecule has 0 aliphatic carbocycles. The number of sulfonamides is 1. The first-order valence-electron chi connectivity index (χ1n) is 10.5. The van der Waals surface area contributed by atoms with Gasteiger partial charge in [-0.05, 0) is 47.4 Å². The average Bonchev–Trinajstić information content (AvgIpc) is 2.61. The number of rotatable bonds is 7. The van der Waals surface area contributed by atoms with E-state index in [2.05, 4.69) is 65.5 Å². The zero-order valence-corrected chi connectivity index (χ0v) is 19.1. The van der Waals surface area contributed by atoms with Gasteiger partial charge in [0.1, 0.15) is 0 Å². The van der Waals surface area contributed by atoms with Crippen molar-refractivity contribution in [3.8, 4) is 0 Å². The van der Waals surface area contributed by atoms with Crippen molar-refractivity contribution in [3.05, 3.63) is 28.8 Å². The fraction of sp³-hybridized carbons (Fsp3) is 0.727. The summed E-state index contributed by atoms with van der Waals surface area (Å²) < 4.78 is 29.1. The Morgan fingerprint density at radius 2 is 1.33 bits per heavy atom. The Bertz CT molecular complexity index is 702. The summed E-state index contributed by atoms with van der Waals surface area (Å²) in [6.07, 6.45) is 1.11. The van der Waals surface area contributed by atoms with E-state index in [1.54, 1.807) is 4.31 Å². The van der Waals surface area contributed by atoms with E-state index < -0.39 is 10.0 Å². The molecule has 4 nitrogen and oxygen atoms in total. The zero-order valence-electron chi connectivity index (χ0n) is 18.2. The maximum atomic E-state index is 13.7. The highest BCUT2D eigenvalue weighted by atomic mass is 32.2. The molecule has 27 heavy (non-hydrogen) atoms. The molecule has 1 aromatic rings. The Labute approximate surface area is 167 Å². The molecule has 0 radical (unpaired) electrons. The highest BCUT2D eigenvalue weighted by Crippen LogP contribution is 2.36. The summed E-state index contributed by atoms with van der Waals surface area (Å²) in [6.45, 7) is 18.8. The van der Waals surface area contributed by atoms with Crippen molar-refractivity contribution in [2.24, 2.45) is 0 Å². The van der Waals surface area contributed by atoms with E-state index in [1.807, 2.05) is 0 Å². The molecular formula is C22H38N2O2S. The third kappa shape index (κ3) is 4.93. The van der Waals surface area contributed by atoms with Crippen LogP contribution in [-0.2, 0) is 10.0 Å². The maximum absolute atomic E-state index is 13.7. The molecule has 0 spiro atoms. The van der Waals surface area contributed by atoms with Crippen LogP contribution in [0.3, 0.4) is 0 Å². The number of piperazine rings is 1. The van der Waals surface area contributed by atoms with Crippen LogP contribution < -0.4 is 0 Å². The van der Waals surface area contributed by atoms with Gasteiger partial charge in [0.15, 0.2) is 0 Å². The van der Waals surface area contributed by atoms with E-state index in [4.69, 9.17) is 0 Å². The fourth-order valence-electron chi connectivity index (χ4n) is 3.83. The Kier molecular flexibility index (Phi) is 7.51. The molecule has 0 N–H and O–H groups in total. The highest BCUT2D eigenvalue weighted by Gasteiger charge is 2.33. The van der Waals surface area contributed by atoms with Gasteiger partial charge in [-0.2, -0.15) is 4.31 Å². The second-order valence-corrected chi connectivity index (χ2v) is 10.6. The molecule has 1 heterocycles. The van der Waals surface area contributed by atoms with Gasteiger partial charge < -0.3 is 4.90 Å². The quantitative estimate of drug-likeness (QED) is 0.669. The predicted molar refractivity (Wildman–Crippen MR) is 114 cm³/mol. The van der Waals surface area contributed by atoms with Crippen LogP contribution in [0.1, 0.15) is 89.3 Å².